The molecule has 3 heteroatoms. The molecular weight excluding hydrogens is 234 g/mol. The van der Waals surface area contributed by atoms with Crippen LogP contribution in [0.2, 0.25) is 0 Å². The molecule has 1 aliphatic carbocycles. The van der Waals surface area contributed by atoms with Gasteiger partial charge in [-0.1, -0.05) is 18.9 Å². The molecule has 1 saturated heterocycles. The van der Waals surface area contributed by atoms with Crippen LogP contribution in [0.15, 0.2) is 18.3 Å². The maximum Gasteiger partial charge on any atom is 0.130 e. The molecule has 0 bridgehead atoms. The molecule has 3 rings (SSSR count). The lowest BCUT2D eigenvalue weighted by molar-refractivity contribution is 0.104. The molecule has 1 aromatic rings. The zero-order valence-electron chi connectivity index (χ0n) is 12.0. The summed E-state index contributed by atoms with van der Waals surface area (Å²) in [5, 5.41) is 3.20. The highest BCUT2D eigenvalue weighted by molar-refractivity contribution is 5.42. The minimum absolute atomic E-state index is 0.720. The number of rotatable bonds is 3. The maximum atomic E-state index is 4.40. The number of hydrogen-bond acceptors (Lipinski definition) is 3. The average Bonchev–Trinajstić information content (AvgIpc) is 2.91. The normalized spacial score (nSPS) is 22.8. The number of piperidine rings is 1. The fraction of sp³-hybridized carbons (Fsp3) is 0.688. The number of aromatic nitrogens is 1. The molecule has 0 atom stereocenters. The molecule has 19 heavy (non-hydrogen) atoms. The lowest BCUT2D eigenvalue weighted by atomic mass is 9.77. The van der Waals surface area contributed by atoms with Crippen molar-refractivity contribution in [3.05, 3.63) is 23.9 Å². The number of likely N-dealkylation sites (tertiary alicyclic amines) is 1. The summed E-state index contributed by atoms with van der Waals surface area (Å²) in [6, 6.07) is 4.23. The van der Waals surface area contributed by atoms with Crippen molar-refractivity contribution in [1.82, 2.24) is 9.88 Å². The Kier molecular flexibility index (Phi) is 3.74. The van der Waals surface area contributed by atoms with Crippen molar-refractivity contribution >= 4 is 5.82 Å². The van der Waals surface area contributed by atoms with E-state index in [-0.39, 0.29) is 0 Å². The molecule has 2 heterocycles. The van der Waals surface area contributed by atoms with Gasteiger partial charge in [0, 0.05) is 25.4 Å². The smallest absolute Gasteiger partial charge is 0.130 e. The van der Waals surface area contributed by atoms with Crippen LogP contribution < -0.4 is 5.32 Å². The fourth-order valence-corrected chi connectivity index (χ4v) is 3.84. The van der Waals surface area contributed by atoms with Gasteiger partial charge in [0.15, 0.2) is 0 Å². The predicted octanol–water partition coefficient (Wildman–Crippen LogP) is 3.28. The van der Waals surface area contributed by atoms with Crippen LogP contribution in [0.1, 0.15) is 44.1 Å². The molecule has 1 aromatic heterocycles. The van der Waals surface area contributed by atoms with Crippen LogP contribution in [0.25, 0.3) is 0 Å². The summed E-state index contributed by atoms with van der Waals surface area (Å²) in [5.74, 6) is 1.03. The van der Waals surface area contributed by atoms with Gasteiger partial charge >= 0.3 is 0 Å². The van der Waals surface area contributed by atoms with Gasteiger partial charge in [-0.25, -0.2) is 4.98 Å². The van der Waals surface area contributed by atoms with E-state index < -0.39 is 0 Å². The molecule has 0 unspecified atom stereocenters. The highest BCUT2D eigenvalue weighted by Gasteiger charge is 2.36. The first-order valence-electron chi connectivity index (χ1n) is 7.65. The molecule has 2 aliphatic rings. The van der Waals surface area contributed by atoms with Crippen molar-refractivity contribution in [2.45, 2.75) is 45.1 Å². The summed E-state index contributed by atoms with van der Waals surface area (Å²) in [5.41, 5.74) is 2.05. The summed E-state index contributed by atoms with van der Waals surface area (Å²) in [6.45, 7) is 3.57. The molecule has 1 spiro atoms. The number of nitrogens with one attached hydrogen (secondary N) is 1. The van der Waals surface area contributed by atoms with Crippen LogP contribution in [0.4, 0.5) is 5.82 Å². The molecule has 104 valence electrons. The summed E-state index contributed by atoms with van der Waals surface area (Å²) in [6.07, 6.45) is 10.6. The Morgan fingerprint density at radius 3 is 2.63 bits per heavy atom. The van der Waals surface area contributed by atoms with Crippen LogP contribution in [0, 0.1) is 5.41 Å². The van der Waals surface area contributed by atoms with E-state index >= 15 is 0 Å². The molecule has 0 radical (unpaired) electrons. The van der Waals surface area contributed by atoms with E-state index in [0.717, 1.165) is 17.8 Å². The van der Waals surface area contributed by atoms with E-state index in [1.54, 1.807) is 0 Å². The summed E-state index contributed by atoms with van der Waals surface area (Å²) >= 11 is 0. The Morgan fingerprint density at radius 2 is 1.95 bits per heavy atom. The first kappa shape index (κ1) is 12.9. The zero-order chi connectivity index (χ0) is 13.1. The second-order valence-electron chi connectivity index (χ2n) is 6.24. The van der Waals surface area contributed by atoms with Gasteiger partial charge in [-0.2, -0.15) is 0 Å². The molecule has 1 saturated carbocycles. The number of hydrogen-bond donors (Lipinski definition) is 1. The lowest BCUT2D eigenvalue weighted by Gasteiger charge is -2.39. The minimum Gasteiger partial charge on any atom is -0.373 e. The molecule has 0 aromatic carbocycles. The zero-order valence-corrected chi connectivity index (χ0v) is 12.0. The van der Waals surface area contributed by atoms with Crippen LogP contribution in [-0.4, -0.2) is 30.0 Å². The van der Waals surface area contributed by atoms with Gasteiger partial charge < -0.3 is 5.32 Å². The van der Waals surface area contributed by atoms with Gasteiger partial charge in [0.05, 0.1) is 0 Å². The molecule has 0 amide bonds. The average molecular weight is 259 g/mol. The largest absolute Gasteiger partial charge is 0.373 e. The Bertz CT molecular complexity index is 414. The second-order valence-corrected chi connectivity index (χ2v) is 6.24. The summed E-state index contributed by atoms with van der Waals surface area (Å²) in [4.78, 5) is 6.99. The molecular formula is C16H25N3. The quantitative estimate of drug-likeness (QED) is 0.903. The third kappa shape index (κ3) is 2.76. The predicted molar refractivity (Wildman–Crippen MR) is 79.2 cm³/mol. The first-order chi connectivity index (χ1) is 9.31. The van der Waals surface area contributed by atoms with Crippen molar-refractivity contribution in [2.75, 3.05) is 25.5 Å². The molecule has 3 nitrogen and oxygen atoms in total. The van der Waals surface area contributed by atoms with E-state index in [2.05, 4.69) is 21.3 Å². The monoisotopic (exact) mass is 259 g/mol. The highest BCUT2D eigenvalue weighted by Crippen LogP contribution is 2.46. The van der Waals surface area contributed by atoms with E-state index in [0.29, 0.717) is 0 Å². The lowest BCUT2D eigenvalue weighted by Crippen LogP contribution is -2.38. The van der Waals surface area contributed by atoms with Crippen LogP contribution in [0.5, 0.6) is 0 Å². The second kappa shape index (κ2) is 5.49. The van der Waals surface area contributed by atoms with Crippen molar-refractivity contribution < 1.29 is 0 Å². The van der Waals surface area contributed by atoms with E-state index in [9.17, 15) is 0 Å². The van der Waals surface area contributed by atoms with Crippen molar-refractivity contribution in [1.29, 1.82) is 0 Å². The van der Waals surface area contributed by atoms with Gasteiger partial charge in [0.25, 0.3) is 0 Å². The first-order valence-corrected chi connectivity index (χ1v) is 7.65. The third-order valence-electron chi connectivity index (χ3n) is 5.10. The van der Waals surface area contributed by atoms with E-state index in [1.807, 2.05) is 19.3 Å². The fourth-order valence-electron chi connectivity index (χ4n) is 3.84. The number of nitrogens with zero attached hydrogens (tertiary/aromatic N) is 2. The van der Waals surface area contributed by atoms with Crippen LogP contribution >= 0.6 is 0 Å². The van der Waals surface area contributed by atoms with Crippen LogP contribution in [-0.2, 0) is 6.54 Å². The van der Waals surface area contributed by atoms with E-state index in [1.165, 1.54) is 57.2 Å². The standard InChI is InChI=1S/C16H25N3/c1-17-15-14(5-4-10-18-15)13-19-11-8-16(9-12-19)6-2-3-7-16/h4-5,10H,2-3,6-9,11-13H2,1H3,(H,17,18). The van der Waals surface area contributed by atoms with E-state index in [4.69, 9.17) is 0 Å². The molecule has 1 aliphatic heterocycles. The Labute approximate surface area is 116 Å². The Morgan fingerprint density at radius 1 is 1.21 bits per heavy atom. The Hall–Kier alpha value is -1.09. The minimum atomic E-state index is 0.720. The van der Waals surface area contributed by atoms with Crippen LogP contribution in [0.3, 0.4) is 0 Å². The van der Waals surface area contributed by atoms with Gasteiger partial charge in [-0.05, 0) is 50.3 Å². The molecule has 1 N–H and O–H groups in total. The van der Waals surface area contributed by atoms with Crippen molar-refractivity contribution in [3.8, 4) is 0 Å². The van der Waals surface area contributed by atoms with Gasteiger partial charge in [-0.15, -0.1) is 0 Å². The summed E-state index contributed by atoms with van der Waals surface area (Å²) < 4.78 is 0. The van der Waals surface area contributed by atoms with Crippen molar-refractivity contribution in [2.24, 2.45) is 5.41 Å². The van der Waals surface area contributed by atoms with Gasteiger partial charge in [-0.3, -0.25) is 4.90 Å². The topological polar surface area (TPSA) is 28.2 Å². The maximum absolute atomic E-state index is 4.40. The van der Waals surface area contributed by atoms with Gasteiger partial charge in [0.1, 0.15) is 5.82 Å². The molecule has 2 fully saturated rings. The van der Waals surface area contributed by atoms with Crippen molar-refractivity contribution in [3.63, 3.8) is 0 Å². The number of pyridine rings is 1. The SMILES string of the molecule is CNc1ncccc1CN1CCC2(CCCC2)CC1. The number of anilines is 1. The van der Waals surface area contributed by atoms with Gasteiger partial charge in [0.2, 0.25) is 0 Å². The third-order valence-corrected chi connectivity index (χ3v) is 5.10. The summed E-state index contributed by atoms with van der Waals surface area (Å²) in [7, 11) is 1.95. The highest BCUT2D eigenvalue weighted by atomic mass is 15.1. The Balaban J connectivity index is 1.60.